The van der Waals surface area contributed by atoms with Gasteiger partial charge in [0.05, 0.1) is 0 Å². The summed E-state index contributed by atoms with van der Waals surface area (Å²) in [5, 5.41) is 6.76. The number of rotatable bonds is 0. The van der Waals surface area contributed by atoms with Crippen LogP contribution in [0, 0.1) is 0 Å². The van der Waals surface area contributed by atoms with E-state index in [1.165, 1.54) is 12.3 Å². The van der Waals surface area contributed by atoms with E-state index in [9.17, 15) is 13.2 Å². The molecule has 0 aliphatic rings. The van der Waals surface area contributed by atoms with Gasteiger partial charge in [-0.15, -0.1) is 0 Å². The molecule has 1 heterocycles. The summed E-state index contributed by atoms with van der Waals surface area (Å²) in [4.78, 5) is 8.24. The lowest BCUT2D eigenvalue weighted by molar-refractivity contribution is -0.141. The second-order valence-corrected chi connectivity index (χ2v) is 2.26. The fourth-order valence-corrected chi connectivity index (χ4v) is 0.854. The van der Waals surface area contributed by atoms with E-state index in [-0.39, 0.29) is 0 Å². The number of isocyanates is 1. The fraction of sp³-hybridized carbons (Fsp3) is 0.167. The highest BCUT2D eigenvalue weighted by molar-refractivity contribution is 7.78. The van der Waals surface area contributed by atoms with Crippen LogP contribution in [0.3, 0.4) is 0 Å². The summed E-state index contributed by atoms with van der Waals surface area (Å²) in [6, 6.07) is 2.25. The number of halogens is 3. The number of thiol groups is 1. The number of aromatic nitrogens is 1. The highest BCUT2D eigenvalue weighted by Gasteiger charge is 2.33. The van der Waals surface area contributed by atoms with E-state index in [2.05, 4.69) is 12.8 Å². The zero-order valence-corrected chi connectivity index (χ0v) is 7.01. The molecule has 1 aromatic heterocycles. The summed E-state index contributed by atoms with van der Waals surface area (Å²) >= 11 is 3.54. The molecule has 0 saturated carbocycles. The summed E-state index contributed by atoms with van der Waals surface area (Å²) < 4.78 is 36.2. The van der Waals surface area contributed by atoms with Crippen LogP contribution in [0.1, 0.15) is 5.69 Å². The van der Waals surface area contributed by atoms with Crippen molar-refractivity contribution in [3.8, 4) is 0 Å². The molecule has 0 aromatic carbocycles. The van der Waals surface area contributed by atoms with E-state index in [0.717, 1.165) is 10.0 Å². The first-order valence-electron chi connectivity index (χ1n) is 2.88. The monoisotopic (exact) mass is 209 g/mol. The molecular weight excluding hydrogens is 205 g/mol. The van der Waals surface area contributed by atoms with Crippen LogP contribution in [0.5, 0.6) is 0 Å². The van der Waals surface area contributed by atoms with Crippen LogP contribution in [0.4, 0.5) is 13.2 Å². The molecule has 0 fully saturated rings. The number of nitrogens with zero attached hydrogens (tertiary/aromatic N) is 2. The van der Waals surface area contributed by atoms with Gasteiger partial charge in [0.2, 0.25) is 0 Å². The molecule has 72 valence electrons. The molecule has 0 atom stereocenters. The average Bonchev–Trinajstić information content (AvgIpc) is 2.35. The van der Waals surface area contributed by atoms with Crippen LogP contribution in [0.25, 0.3) is 5.41 Å². The Balaban J connectivity index is 0.000000424. The van der Waals surface area contributed by atoms with Crippen molar-refractivity contribution in [1.82, 2.24) is 3.97 Å². The van der Waals surface area contributed by atoms with Gasteiger partial charge in [0.15, 0.2) is 0 Å². The minimum absolute atomic E-state index is 0.500. The van der Waals surface area contributed by atoms with Gasteiger partial charge in [-0.05, 0) is 18.2 Å². The Morgan fingerprint density at radius 3 is 2.15 bits per heavy atom. The second kappa shape index (κ2) is 4.74. The smallest absolute Gasteiger partial charge is 0.432 e. The van der Waals surface area contributed by atoms with E-state index in [0.29, 0.717) is 6.08 Å². The predicted molar refractivity (Wildman–Crippen MR) is 42.9 cm³/mol. The van der Waals surface area contributed by atoms with Crippen molar-refractivity contribution in [2.75, 3.05) is 0 Å². The van der Waals surface area contributed by atoms with Gasteiger partial charge in [-0.25, -0.2) is 0 Å². The Labute approximate surface area is 77.2 Å². The summed E-state index contributed by atoms with van der Waals surface area (Å²) in [6.07, 6.45) is -2.57. The van der Waals surface area contributed by atoms with Crippen molar-refractivity contribution in [1.29, 1.82) is 0 Å². The van der Waals surface area contributed by atoms with Gasteiger partial charge in [0, 0.05) is 6.20 Å². The molecule has 0 aliphatic heterocycles. The van der Waals surface area contributed by atoms with Crippen LogP contribution < -0.4 is 0 Å². The van der Waals surface area contributed by atoms with Crippen molar-refractivity contribution in [2.24, 2.45) is 0 Å². The summed E-state index contributed by atoms with van der Waals surface area (Å²) in [5.41, 5.74) is -0.754. The van der Waals surface area contributed by atoms with Gasteiger partial charge in [-0.3, -0.25) is 8.77 Å². The molecule has 0 radical (unpaired) electrons. The zero-order valence-electron chi connectivity index (χ0n) is 6.12. The average molecular weight is 209 g/mol. The van der Waals surface area contributed by atoms with E-state index in [1.54, 1.807) is 0 Å². The lowest BCUT2D eigenvalue weighted by Crippen LogP contribution is -2.07. The second-order valence-electron chi connectivity index (χ2n) is 1.83. The molecule has 0 spiro atoms. The Kier molecular flexibility index (Phi) is 4.30. The van der Waals surface area contributed by atoms with Gasteiger partial charge < -0.3 is 5.41 Å². The maximum Gasteiger partial charge on any atom is 0.432 e. The molecular formula is C6H4F3N2OS-. The number of alkyl halides is 3. The van der Waals surface area contributed by atoms with Gasteiger partial charge in [-0.1, -0.05) is 12.8 Å². The van der Waals surface area contributed by atoms with Gasteiger partial charge in [0.25, 0.3) is 0 Å². The van der Waals surface area contributed by atoms with E-state index in [1.807, 2.05) is 0 Å². The molecule has 0 bridgehead atoms. The Hall–Kier alpha value is -1.20. The number of hydrogen-bond acceptors (Lipinski definition) is 2. The van der Waals surface area contributed by atoms with E-state index >= 15 is 0 Å². The molecule has 1 rings (SSSR count). The third-order valence-electron chi connectivity index (χ3n) is 1.02. The molecule has 0 unspecified atom stereocenters. The maximum absolute atomic E-state index is 11.8. The lowest BCUT2D eigenvalue weighted by Gasteiger charge is -2.05. The summed E-state index contributed by atoms with van der Waals surface area (Å²) in [7, 11) is 0. The molecule has 1 aromatic rings. The third kappa shape index (κ3) is 3.82. The SMILES string of the molecule is FC(F)(F)c1cccn1S.[N-]=C=O. The molecule has 0 saturated heterocycles. The van der Waals surface area contributed by atoms with E-state index in [4.69, 9.17) is 10.2 Å². The van der Waals surface area contributed by atoms with E-state index < -0.39 is 11.9 Å². The Bertz CT molecular complexity index is 301. The minimum atomic E-state index is -4.30. The Morgan fingerprint density at radius 2 is 2.00 bits per heavy atom. The van der Waals surface area contributed by atoms with Crippen LogP contribution in [-0.4, -0.2) is 10.1 Å². The highest BCUT2D eigenvalue weighted by Crippen LogP contribution is 2.29. The van der Waals surface area contributed by atoms with Crippen LogP contribution in [-0.2, 0) is 11.0 Å². The molecule has 0 aliphatic carbocycles. The number of carbonyl (C=O) groups excluding carboxylic acids is 1. The quantitative estimate of drug-likeness (QED) is 0.397. The van der Waals surface area contributed by atoms with Crippen LogP contribution in [0.15, 0.2) is 18.3 Å². The van der Waals surface area contributed by atoms with Crippen molar-refractivity contribution < 1.29 is 18.0 Å². The maximum atomic E-state index is 11.8. The standard InChI is InChI=1S/C5H4F3NS.CNO/c6-5(7,8)4-2-1-3-9(4)10;2-1-3/h1-3,10H;/q;-1. The minimum Gasteiger partial charge on any atom is -0.724 e. The van der Waals surface area contributed by atoms with Crippen molar-refractivity contribution >= 4 is 18.9 Å². The van der Waals surface area contributed by atoms with Gasteiger partial charge in [0.1, 0.15) is 5.69 Å². The van der Waals surface area contributed by atoms with Crippen LogP contribution >= 0.6 is 12.8 Å². The fourth-order valence-electron chi connectivity index (χ4n) is 0.597. The number of hydrogen-bond donors (Lipinski definition) is 1. The molecule has 7 heteroatoms. The zero-order chi connectivity index (χ0) is 10.5. The summed E-state index contributed by atoms with van der Waals surface area (Å²) in [6.45, 7) is 0. The third-order valence-corrected chi connectivity index (χ3v) is 1.37. The molecule has 13 heavy (non-hydrogen) atoms. The lowest BCUT2D eigenvalue weighted by atomic mass is 10.4. The largest absolute Gasteiger partial charge is 0.724 e. The first-order valence-corrected chi connectivity index (χ1v) is 3.28. The van der Waals surface area contributed by atoms with Gasteiger partial charge in [-0.2, -0.15) is 13.2 Å². The van der Waals surface area contributed by atoms with Gasteiger partial charge >= 0.3 is 6.18 Å². The van der Waals surface area contributed by atoms with Crippen molar-refractivity contribution in [3.05, 3.63) is 29.4 Å². The highest BCUT2D eigenvalue weighted by atomic mass is 32.1. The predicted octanol–water partition coefficient (Wildman–Crippen LogP) is 2.09. The molecule has 0 amide bonds. The molecule has 0 N–H and O–H groups in total. The first-order chi connectivity index (χ1) is 5.93. The topological polar surface area (TPSA) is 44.3 Å². The Morgan fingerprint density at radius 1 is 1.54 bits per heavy atom. The first kappa shape index (κ1) is 11.8. The molecule has 3 nitrogen and oxygen atoms in total. The van der Waals surface area contributed by atoms with Crippen molar-refractivity contribution in [2.45, 2.75) is 6.18 Å². The van der Waals surface area contributed by atoms with Crippen LogP contribution in [0.2, 0.25) is 0 Å². The normalized spacial score (nSPS) is 9.85. The summed E-state index contributed by atoms with van der Waals surface area (Å²) in [5.74, 6) is 0. The van der Waals surface area contributed by atoms with Crippen molar-refractivity contribution in [3.63, 3.8) is 0 Å².